The van der Waals surface area contributed by atoms with Crippen LogP contribution in [0.25, 0.3) is 0 Å². The summed E-state index contributed by atoms with van der Waals surface area (Å²) in [6.45, 7) is 6.90. The van der Waals surface area contributed by atoms with Gasteiger partial charge in [-0.3, -0.25) is 4.98 Å². The molecule has 0 spiro atoms. The minimum atomic E-state index is 0.213. The molecule has 0 unspecified atom stereocenters. The predicted molar refractivity (Wildman–Crippen MR) is 64.3 cm³/mol. The molecule has 2 heterocycles. The number of nitrogens with zero attached hydrogens (tertiary/aromatic N) is 1. The van der Waals surface area contributed by atoms with Crippen LogP contribution < -0.4 is 5.32 Å². The van der Waals surface area contributed by atoms with Gasteiger partial charge in [-0.1, -0.05) is 6.07 Å². The monoisotopic (exact) mass is 220 g/mol. The number of pyridine rings is 1. The van der Waals surface area contributed by atoms with Gasteiger partial charge in [-0.25, -0.2) is 0 Å². The fraction of sp³-hybridized carbons (Fsp3) is 0.615. The summed E-state index contributed by atoms with van der Waals surface area (Å²) in [7, 11) is 0. The summed E-state index contributed by atoms with van der Waals surface area (Å²) in [5.74, 6) is 0. The van der Waals surface area contributed by atoms with Gasteiger partial charge in [0.15, 0.2) is 0 Å². The molecule has 88 valence electrons. The maximum atomic E-state index is 5.38. The molecule has 0 radical (unpaired) electrons. The minimum absolute atomic E-state index is 0.213. The number of nitrogens with one attached hydrogen (secondary N) is 1. The van der Waals surface area contributed by atoms with Crippen molar-refractivity contribution in [3.8, 4) is 0 Å². The van der Waals surface area contributed by atoms with Crippen LogP contribution in [0.1, 0.15) is 31.0 Å². The molecule has 1 aliphatic rings. The van der Waals surface area contributed by atoms with Crippen molar-refractivity contribution in [2.75, 3.05) is 13.2 Å². The SMILES string of the molecule is Cc1ccc(CNC2(C)CCOCC2)nc1. The molecule has 0 atom stereocenters. The van der Waals surface area contributed by atoms with Crippen LogP contribution in [0.5, 0.6) is 0 Å². The van der Waals surface area contributed by atoms with Crippen LogP contribution in [-0.2, 0) is 11.3 Å². The van der Waals surface area contributed by atoms with Crippen molar-refractivity contribution in [3.05, 3.63) is 29.6 Å². The van der Waals surface area contributed by atoms with E-state index in [2.05, 4.69) is 36.3 Å². The molecule has 0 bridgehead atoms. The summed E-state index contributed by atoms with van der Waals surface area (Å²) in [4.78, 5) is 4.40. The van der Waals surface area contributed by atoms with Gasteiger partial charge in [0.1, 0.15) is 0 Å². The molecule has 0 amide bonds. The Morgan fingerprint density at radius 1 is 1.38 bits per heavy atom. The summed E-state index contributed by atoms with van der Waals surface area (Å²) in [5, 5.41) is 3.59. The van der Waals surface area contributed by atoms with Gasteiger partial charge in [0.25, 0.3) is 0 Å². The quantitative estimate of drug-likeness (QED) is 0.846. The van der Waals surface area contributed by atoms with E-state index in [1.165, 1.54) is 5.56 Å². The van der Waals surface area contributed by atoms with Crippen LogP contribution in [0.15, 0.2) is 18.3 Å². The summed E-state index contributed by atoms with van der Waals surface area (Å²) in [6.07, 6.45) is 4.08. The lowest BCUT2D eigenvalue weighted by molar-refractivity contribution is 0.0445. The molecule has 1 saturated heterocycles. The van der Waals surface area contributed by atoms with Gasteiger partial charge >= 0.3 is 0 Å². The fourth-order valence-electron chi connectivity index (χ4n) is 1.91. The van der Waals surface area contributed by atoms with Gasteiger partial charge in [0.2, 0.25) is 0 Å². The van der Waals surface area contributed by atoms with E-state index in [0.29, 0.717) is 0 Å². The van der Waals surface area contributed by atoms with Crippen molar-refractivity contribution in [2.24, 2.45) is 0 Å². The highest BCUT2D eigenvalue weighted by Crippen LogP contribution is 2.20. The van der Waals surface area contributed by atoms with Gasteiger partial charge < -0.3 is 10.1 Å². The summed E-state index contributed by atoms with van der Waals surface area (Å²) in [6, 6.07) is 4.20. The van der Waals surface area contributed by atoms with E-state index < -0.39 is 0 Å². The maximum absolute atomic E-state index is 5.38. The van der Waals surface area contributed by atoms with Crippen molar-refractivity contribution in [1.82, 2.24) is 10.3 Å². The Kier molecular flexibility index (Phi) is 3.56. The van der Waals surface area contributed by atoms with Crippen LogP contribution >= 0.6 is 0 Å². The highest BCUT2D eigenvalue weighted by atomic mass is 16.5. The summed E-state index contributed by atoms with van der Waals surface area (Å²) < 4.78 is 5.38. The first-order valence-corrected chi connectivity index (χ1v) is 5.92. The molecule has 1 aromatic heterocycles. The van der Waals surface area contributed by atoms with Crippen molar-refractivity contribution < 1.29 is 4.74 Å². The molecule has 2 rings (SSSR count). The zero-order valence-electron chi connectivity index (χ0n) is 10.1. The first-order chi connectivity index (χ1) is 7.68. The van der Waals surface area contributed by atoms with Crippen LogP contribution in [-0.4, -0.2) is 23.7 Å². The highest BCUT2D eigenvalue weighted by molar-refractivity contribution is 5.12. The van der Waals surface area contributed by atoms with E-state index in [1.54, 1.807) is 0 Å². The summed E-state index contributed by atoms with van der Waals surface area (Å²) >= 11 is 0. The van der Waals surface area contributed by atoms with Crippen LogP contribution in [0.2, 0.25) is 0 Å². The second-order valence-electron chi connectivity index (χ2n) is 4.85. The van der Waals surface area contributed by atoms with E-state index in [-0.39, 0.29) is 5.54 Å². The topological polar surface area (TPSA) is 34.1 Å². The van der Waals surface area contributed by atoms with Crippen molar-refractivity contribution in [1.29, 1.82) is 0 Å². The molecular weight excluding hydrogens is 200 g/mol. The highest BCUT2D eigenvalue weighted by Gasteiger charge is 2.26. The van der Waals surface area contributed by atoms with Gasteiger partial charge in [-0.2, -0.15) is 0 Å². The predicted octanol–water partition coefficient (Wildman–Crippen LogP) is 2.05. The van der Waals surface area contributed by atoms with Gasteiger partial charge in [0, 0.05) is 31.5 Å². The number of hydrogen-bond donors (Lipinski definition) is 1. The van der Waals surface area contributed by atoms with Gasteiger partial charge in [-0.05, 0) is 38.3 Å². The summed E-state index contributed by atoms with van der Waals surface area (Å²) in [5.41, 5.74) is 2.53. The second kappa shape index (κ2) is 4.93. The van der Waals surface area contributed by atoms with Crippen LogP contribution in [0, 0.1) is 6.92 Å². The van der Waals surface area contributed by atoms with E-state index in [9.17, 15) is 0 Å². The minimum Gasteiger partial charge on any atom is -0.381 e. The largest absolute Gasteiger partial charge is 0.381 e. The average molecular weight is 220 g/mol. The second-order valence-corrected chi connectivity index (χ2v) is 4.85. The molecule has 1 N–H and O–H groups in total. The van der Waals surface area contributed by atoms with E-state index >= 15 is 0 Å². The van der Waals surface area contributed by atoms with Crippen molar-refractivity contribution in [2.45, 2.75) is 38.8 Å². The van der Waals surface area contributed by atoms with E-state index in [4.69, 9.17) is 4.74 Å². The number of hydrogen-bond acceptors (Lipinski definition) is 3. The number of rotatable bonds is 3. The van der Waals surface area contributed by atoms with Gasteiger partial charge in [0.05, 0.1) is 5.69 Å². The molecule has 1 aromatic rings. The number of ether oxygens (including phenoxy) is 1. The molecule has 3 nitrogen and oxygen atoms in total. The number of aromatic nitrogens is 1. The molecule has 1 aliphatic heterocycles. The molecule has 0 aliphatic carbocycles. The molecule has 3 heteroatoms. The molecular formula is C13H20N2O. The Bertz CT molecular complexity index is 328. The van der Waals surface area contributed by atoms with Crippen LogP contribution in [0.4, 0.5) is 0 Å². The Balaban J connectivity index is 1.88. The average Bonchev–Trinajstić information content (AvgIpc) is 2.29. The van der Waals surface area contributed by atoms with Gasteiger partial charge in [-0.15, -0.1) is 0 Å². The zero-order chi connectivity index (χ0) is 11.4. The smallest absolute Gasteiger partial charge is 0.0542 e. The molecule has 16 heavy (non-hydrogen) atoms. The Morgan fingerprint density at radius 3 is 2.75 bits per heavy atom. The van der Waals surface area contributed by atoms with Crippen molar-refractivity contribution >= 4 is 0 Å². The lowest BCUT2D eigenvalue weighted by Crippen LogP contribution is -2.46. The first kappa shape index (κ1) is 11.6. The third kappa shape index (κ3) is 3.03. The van der Waals surface area contributed by atoms with Crippen molar-refractivity contribution in [3.63, 3.8) is 0 Å². The standard InChI is InChI=1S/C13H20N2O/c1-11-3-4-12(14-9-11)10-15-13(2)5-7-16-8-6-13/h3-4,9,15H,5-8,10H2,1-2H3. The maximum Gasteiger partial charge on any atom is 0.0542 e. The zero-order valence-corrected chi connectivity index (χ0v) is 10.1. The molecule has 1 fully saturated rings. The fourth-order valence-corrected chi connectivity index (χ4v) is 1.91. The Labute approximate surface area is 97.2 Å². The third-order valence-electron chi connectivity index (χ3n) is 3.27. The first-order valence-electron chi connectivity index (χ1n) is 5.92. The Morgan fingerprint density at radius 2 is 2.12 bits per heavy atom. The Hall–Kier alpha value is -0.930. The lowest BCUT2D eigenvalue weighted by atomic mass is 9.92. The lowest BCUT2D eigenvalue weighted by Gasteiger charge is -2.34. The normalized spacial score (nSPS) is 19.6. The van der Waals surface area contributed by atoms with E-state index in [1.807, 2.05) is 6.20 Å². The number of aryl methyl sites for hydroxylation is 1. The van der Waals surface area contributed by atoms with Crippen LogP contribution in [0.3, 0.4) is 0 Å². The molecule has 0 aromatic carbocycles. The van der Waals surface area contributed by atoms with E-state index in [0.717, 1.165) is 38.3 Å². The third-order valence-corrected chi connectivity index (χ3v) is 3.27. The molecule has 0 saturated carbocycles.